The molecule has 0 bridgehead atoms. The Bertz CT molecular complexity index is 2200. The third-order valence-electron chi connectivity index (χ3n) is 15.7. The van der Waals surface area contributed by atoms with E-state index < -0.39 is 17.4 Å². The smallest absolute Gasteiger partial charge is 0.338 e. The second kappa shape index (κ2) is 24.2. The summed E-state index contributed by atoms with van der Waals surface area (Å²) in [6.45, 7) is 7.58. The summed E-state index contributed by atoms with van der Waals surface area (Å²) in [5.41, 5.74) is 4.70. The van der Waals surface area contributed by atoms with Gasteiger partial charge in [0.1, 0.15) is 24.4 Å². The van der Waals surface area contributed by atoms with Gasteiger partial charge in [-0.15, -0.1) is 0 Å². The lowest BCUT2D eigenvalue weighted by Crippen LogP contribution is -2.34. The molecule has 1 unspecified atom stereocenters. The summed E-state index contributed by atoms with van der Waals surface area (Å²) < 4.78 is 46.0. The van der Waals surface area contributed by atoms with Crippen LogP contribution in [-0.4, -0.2) is 92.4 Å². The zero-order valence-electron chi connectivity index (χ0n) is 40.5. The van der Waals surface area contributed by atoms with Crippen molar-refractivity contribution in [2.45, 2.75) is 183 Å². The Hall–Kier alpha value is -5.34. The summed E-state index contributed by atoms with van der Waals surface area (Å²) in [5.74, 6) is -2.35. The molecule has 0 radical (unpaired) electrons. The Balaban J connectivity index is 0.791. The third kappa shape index (κ3) is 12.6. The monoisotopic (exact) mass is 966 g/mol. The first kappa shape index (κ1) is 51.0. The number of ether oxygens (including phenoxy) is 8. The van der Waals surface area contributed by atoms with Crippen molar-refractivity contribution in [3.05, 3.63) is 95.1 Å². The molecule has 4 saturated carbocycles. The number of esters is 6. The minimum atomic E-state index is -0.534. The van der Waals surface area contributed by atoms with Crippen molar-refractivity contribution >= 4 is 35.8 Å². The standard InChI is InChI=1S/C56H70O14/c1-3-48(57)64-34-6-5-33-63-40-17-13-38(14-18-40)52(59)67-42-21-25-44(26-22-42)69-54(61)46-11-7-9-36-29-31-56(50(36)46)32-30-37-10-8-12-47(51(37)56)55(62)70-45-27-23-43(24-28-45)68-53(60)39-15-19-41(20-16-39)65-35-66-49(58)4-2/h3-4,7-12,38-45H,1-2,5-6,13-35H2. The van der Waals surface area contributed by atoms with Crippen LogP contribution in [0.2, 0.25) is 0 Å². The molecule has 14 heteroatoms. The molecule has 70 heavy (non-hydrogen) atoms. The topological polar surface area (TPSA) is 176 Å². The molecule has 0 saturated heterocycles. The first-order valence-electron chi connectivity index (χ1n) is 25.9. The van der Waals surface area contributed by atoms with E-state index in [1.807, 2.05) is 24.3 Å². The highest BCUT2D eigenvalue weighted by molar-refractivity contribution is 5.96. The van der Waals surface area contributed by atoms with E-state index in [1.165, 1.54) is 0 Å². The van der Waals surface area contributed by atoms with E-state index in [1.54, 1.807) is 0 Å². The van der Waals surface area contributed by atoms with Gasteiger partial charge in [0.05, 0.1) is 41.8 Å². The lowest BCUT2D eigenvalue weighted by Gasteiger charge is -2.33. The number of rotatable bonds is 19. The van der Waals surface area contributed by atoms with E-state index in [0.717, 1.165) is 98.6 Å². The van der Waals surface area contributed by atoms with Gasteiger partial charge in [-0.3, -0.25) is 9.59 Å². The molecule has 0 N–H and O–H groups in total. The van der Waals surface area contributed by atoms with Crippen LogP contribution in [0.3, 0.4) is 0 Å². The van der Waals surface area contributed by atoms with Gasteiger partial charge in [-0.2, -0.15) is 0 Å². The van der Waals surface area contributed by atoms with Crippen molar-refractivity contribution in [3.8, 4) is 0 Å². The van der Waals surface area contributed by atoms with Crippen LogP contribution in [0.15, 0.2) is 61.7 Å². The minimum Gasteiger partial charge on any atom is -0.463 e. The van der Waals surface area contributed by atoms with Crippen molar-refractivity contribution in [2.24, 2.45) is 11.8 Å². The quantitative estimate of drug-likeness (QED) is 0.0428. The molecule has 2 aromatic carbocycles. The highest BCUT2D eigenvalue weighted by Gasteiger charge is 2.49. The number of benzene rings is 2. The third-order valence-corrected chi connectivity index (χ3v) is 15.7. The second-order valence-electron chi connectivity index (χ2n) is 20.1. The van der Waals surface area contributed by atoms with E-state index in [-0.39, 0.29) is 79.1 Å². The zero-order valence-corrected chi connectivity index (χ0v) is 40.5. The number of unbranched alkanes of at least 4 members (excludes halogenated alkanes) is 1. The molecule has 2 aromatic rings. The number of carbonyl (C=O) groups excluding carboxylic acids is 6. The van der Waals surface area contributed by atoms with Crippen LogP contribution in [0.4, 0.5) is 0 Å². The largest absolute Gasteiger partial charge is 0.463 e. The predicted octanol–water partition coefficient (Wildman–Crippen LogP) is 9.23. The van der Waals surface area contributed by atoms with Crippen LogP contribution in [0.1, 0.15) is 171 Å². The van der Waals surface area contributed by atoms with Gasteiger partial charge < -0.3 is 37.9 Å². The molecule has 0 aromatic heterocycles. The van der Waals surface area contributed by atoms with E-state index in [9.17, 15) is 28.8 Å². The van der Waals surface area contributed by atoms with Crippen LogP contribution in [0, 0.1) is 11.8 Å². The molecule has 1 spiro atoms. The second-order valence-corrected chi connectivity index (χ2v) is 20.1. The Morgan fingerprint density at radius 3 is 1.34 bits per heavy atom. The summed E-state index contributed by atoms with van der Waals surface area (Å²) in [5, 5.41) is 0. The van der Waals surface area contributed by atoms with Gasteiger partial charge in [0.2, 0.25) is 0 Å². The van der Waals surface area contributed by atoms with Crippen LogP contribution >= 0.6 is 0 Å². The van der Waals surface area contributed by atoms with Gasteiger partial charge in [0, 0.05) is 24.2 Å². The number of hydrogen-bond acceptors (Lipinski definition) is 14. The van der Waals surface area contributed by atoms with Gasteiger partial charge >= 0.3 is 35.8 Å². The van der Waals surface area contributed by atoms with Crippen molar-refractivity contribution < 1.29 is 66.7 Å². The van der Waals surface area contributed by atoms with E-state index in [4.69, 9.17) is 37.9 Å². The van der Waals surface area contributed by atoms with Crippen LogP contribution < -0.4 is 0 Å². The summed E-state index contributed by atoms with van der Waals surface area (Å²) in [7, 11) is 0. The fourth-order valence-corrected chi connectivity index (χ4v) is 11.9. The Morgan fingerprint density at radius 2 is 0.886 bits per heavy atom. The number of carbonyl (C=O) groups is 6. The van der Waals surface area contributed by atoms with E-state index >= 15 is 0 Å². The van der Waals surface area contributed by atoms with E-state index in [0.29, 0.717) is 101 Å². The molecule has 0 amide bonds. The number of fused-ring (bicyclic) bond motifs is 4. The minimum absolute atomic E-state index is 0.0743. The molecular weight excluding hydrogens is 897 g/mol. The Kier molecular flexibility index (Phi) is 17.6. The fraction of sp³-hybridized carbons (Fsp3) is 0.607. The summed E-state index contributed by atoms with van der Waals surface area (Å²) in [4.78, 5) is 77.2. The maximum Gasteiger partial charge on any atom is 0.338 e. The zero-order chi connectivity index (χ0) is 49.0. The first-order valence-corrected chi connectivity index (χ1v) is 25.9. The Labute approximate surface area is 411 Å². The normalized spacial score (nSPS) is 28.1. The van der Waals surface area contributed by atoms with Crippen molar-refractivity contribution in [1.29, 1.82) is 0 Å². The SMILES string of the molecule is C=CC(=O)OCCCCOC1CCC(C(=O)OC2CCC(OC(=O)c3cccc4c3C3(CC4)CCc4cccc(C(=O)OC5CCC(OC(=O)C6CCC(OCOC(=O)C=C)CC6)CC5)c43)CC2)CC1. The molecular formula is C56H70O14. The molecule has 0 aliphatic heterocycles. The first-order chi connectivity index (χ1) is 34.0. The lowest BCUT2D eigenvalue weighted by molar-refractivity contribution is -0.162. The molecule has 4 fully saturated rings. The molecule has 14 nitrogen and oxygen atoms in total. The molecule has 6 aliphatic rings. The highest BCUT2D eigenvalue weighted by atomic mass is 16.7. The fourth-order valence-electron chi connectivity index (χ4n) is 11.9. The highest BCUT2D eigenvalue weighted by Crippen LogP contribution is 2.55. The molecule has 1 atom stereocenters. The predicted molar refractivity (Wildman–Crippen MR) is 255 cm³/mol. The van der Waals surface area contributed by atoms with Gasteiger partial charge in [-0.05, 0) is 176 Å². The average molecular weight is 967 g/mol. The van der Waals surface area contributed by atoms with Gasteiger partial charge in [-0.25, -0.2) is 19.2 Å². The average Bonchev–Trinajstić information content (AvgIpc) is 3.96. The van der Waals surface area contributed by atoms with Crippen LogP contribution in [0.5, 0.6) is 0 Å². The van der Waals surface area contributed by atoms with E-state index in [2.05, 4.69) is 25.3 Å². The molecule has 378 valence electrons. The number of hydrogen-bond donors (Lipinski definition) is 0. The van der Waals surface area contributed by atoms with Gasteiger partial charge in [0.25, 0.3) is 0 Å². The lowest BCUT2D eigenvalue weighted by atomic mass is 9.73. The van der Waals surface area contributed by atoms with Crippen molar-refractivity contribution in [3.63, 3.8) is 0 Å². The summed E-state index contributed by atoms with van der Waals surface area (Å²) in [6.07, 6.45) is 16.5. The summed E-state index contributed by atoms with van der Waals surface area (Å²) in [6, 6.07) is 11.7. The molecule has 0 heterocycles. The Morgan fingerprint density at radius 1 is 0.486 bits per heavy atom. The van der Waals surface area contributed by atoms with Gasteiger partial charge in [0.15, 0.2) is 6.79 Å². The molecule has 6 aliphatic carbocycles. The van der Waals surface area contributed by atoms with Crippen LogP contribution in [-0.2, 0) is 75.3 Å². The maximum absolute atomic E-state index is 14.2. The van der Waals surface area contributed by atoms with Crippen molar-refractivity contribution in [1.82, 2.24) is 0 Å². The molecule has 8 rings (SSSR count). The van der Waals surface area contributed by atoms with Gasteiger partial charge in [-0.1, -0.05) is 37.4 Å². The number of aryl methyl sites for hydroxylation is 2. The van der Waals surface area contributed by atoms with Crippen molar-refractivity contribution in [2.75, 3.05) is 20.0 Å². The van der Waals surface area contributed by atoms with Crippen LogP contribution in [0.25, 0.3) is 0 Å². The summed E-state index contributed by atoms with van der Waals surface area (Å²) >= 11 is 0. The maximum atomic E-state index is 14.2.